The quantitative estimate of drug-likeness (QED) is 0.618. The van der Waals surface area contributed by atoms with Crippen LogP contribution in [0.2, 0.25) is 5.15 Å². The number of pyridine rings is 1. The second kappa shape index (κ2) is 6.05. The summed E-state index contributed by atoms with van der Waals surface area (Å²) in [5, 5.41) is 2.80. The zero-order valence-corrected chi connectivity index (χ0v) is 9.95. The zero-order chi connectivity index (χ0) is 12.8. The van der Waals surface area contributed by atoms with Crippen LogP contribution in [0.15, 0.2) is 12.1 Å². The lowest BCUT2D eigenvalue weighted by Gasteiger charge is -2.06. The Labute approximate surface area is 103 Å². The van der Waals surface area contributed by atoms with Crippen LogP contribution in [0.4, 0.5) is 4.79 Å². The molecule has 0 aliphatic heterocycles. The van der Waals surface area contributed by atoms with E-state index in [1.165, 1.54) is 6.07 Å². The first-order chi connectivity index (χ1) is 7.99. The van der Waals surface area contributed by atoms with Gasteiger partial charge in [-0.3, -0.25) is 4.79 Å². The summed E-state index contributed by atoms with van der Waals surface area (Å²) >= 11 is 5.72. The number of hydrogen-bond acceptors (Lipinski definition) is 4. The molecule has 0 unspecified atom stereocenters. The van der Waals surface area contributed by atoms with Crippen LogP contribution in [0.3, 0.4) is 0 Å². The molecule has 3 N–H and O–H groups in total. The number of nitrogens with two attached hydrogens (primary N) is 1. The van der Waals surface area contributed by atoms with Crippen LogP contribution in [0.25, 0.3) is 0 Å². The molecule has 7 heteroatoms. The standard InChI is InChI=1S/C10H12ClN3O3/c1-6-4-7(5-8(11)14-6)9(15)13-2-3-17-10(12)16/h4-5H,2-3H2,1H3,(H2,12,16)(H,13,15). The number of nitrogens with zero attached hydrogens (tertiary/aromatic N) is 1. The molecular formula is C10H12ClN3O3. The van der Waals surface area contributed by atoms with E-state index in [0.717, 1.165) is 0 Å². The van der Waals surface area contributed by atoms with E-state index < -0.39 is 6.09 Å². The number of halogens is 1. The van der Waals surface area contributed by atoms with E-state index in [1.807, 2.05) is 0 Å². The molecule has 0 aromatic carbocycles. The van der Waals surface area contributed by atoms with Crippen molar-refractivity contribution in [3.05, 3.63) is 28.5 Å². The van der Waals surface area contributed by atoms with Crippen molar-refractivity contribution in [3.8, 4) is 0 Å². The van der Waals surface area contributed by atoms with Gasteiger partial charge in [0, 0.05) is 11.3 Å². The van der Waals surface area contributed by atoms with Crippen LogP contribution >= 0.6 is 11.6 Å². The maximum Gasteiger partial charge on any atom is 0.404 e. The summed E-state index contributed by atoms with van der Waals surface area (Å²) in [5.41, 5.74) is 5.81. The lowest BCUT2D eigenvalue weighted by atomic mass is 10.2. The maximum atomic E-state index is 11.6. The molecule has 0 atom stereocenters. The molecule has 17 heavy (non-hydrogen) atoms. The first-order valence-corrected chi connectivity index (χ1v) is 5.21. The van der Waals surface area contributed by atoms with Crippen molar-refractivity contribution in [2.75, 3.05) is 13.2 Å². The second-order valence-corrected chi connectivity index (χ2v) is 3.63. The average molecular weight is 258 g/mol. The maximum absolute atomic E-state index is 11.6. The van der Waals surface area contributed by atoms with Crippen molar-refractivity contribution >= 4 is 23.6 Å². The number of aryl methyl sites for hydroxylation is 1. The van der Waals surface area contributed by atoms with Gasteiger partial charge in [-0.05, 0) is 19.1 Å². The Morgan fingerprint density at radius 1 is 1.53 bits per heavy atom. The monoisotopic (exact) mass is 257 g/mol. The Hall–Kier alpha value is -1.82. The lowest BCUT2D eigenvalue weighted by Crippen LogP contribution is -2.29. The number of nitrogens with one attached hydrogen (secondary N) is 1. The highest BCUT2D eigenvalue weighted by molar-refractivity contribution is 6.29. The predicted molar refractivity (Wildman–Crippen MR) is 61.9 cm³/mol. The van der Waals surface area contributed by atoms with E-state index in [-0.39, 0.29) is 24.2 Å². The van der Waals surface area contributed by atoms with Crippen molar-refractivity contribution in [1.82, 2.24) is 10.3 Å². The number of rotatable bonds is 4. The zero-order valence-electron chi connectivity index (χ0n) is 9.20. The minimum Gasteiger partial charge on any atom is -0.448 e. The fourth-order valence-electron chi connectivity index (χ4n) is 1.18. The molecule has 0 fully saturated rings. The van der Waals surface area contributed by atoms with Gasteiger partial charge in [0.1, 0.15) is 11.8 Å². The van der Waals surface area contributed by atoms with Crippen molar-refractivity contribution in [2.24, 2.45) is 5.73 Å². The van der Waals surface area contributed by atoms with Crippen molar-refractivity contribution in [3.63, 3.8) is 0 Å². The number of aromatic nitrogens is 1. The molecule has 0 radical (unpaired) electrons. The highest BCUT2D eigenvalue weighted by Crippen LogP contribution is 2.09. The first-order valence-electron chi connectivity index (χ1n) is 4.83. The molecule has 0 spiro atoms. The third-order valence-electron chi connectivity index (χ3n) is 1.82. The molecule has 1 aromatic rings. The molecule has 0 saturated heterocycles. The Kier molecular flexibility index (Phi) is 4.71. The lowest BCUT2D eigenvalue weighted by molar-refractivity contribution is 0.0936. The van der Waals surface area contributed by atoms with E-state index in [2.05, 4.69) is 15.0 Å². The van der Waals surface area contributed by atoms with Gasteiger partial charge in [-0.25, -0.2) is 9.78 Å². The van der Waals surface area contributed by atoms with Crippen LogP contribution < -0.4 is 11.1 Å². The minimum atomic E-state index is -0.873. The fourth-order valence-corrected chi connectivity index (χ4v) is 1.43. The smallest absolute Gasteiger partial charge is 0.404 e. The van der Waals surface area contributed by atoms with E-state index in [4.69, 9.17) is 17.3 Å². The molecular weight excluding hydrogens is 246 g/mol. The molecule has 0 aliphatic carbocycles. The Bertz CT molecular complexity index is 417. The third kappa shape index (κ3) is 4.69. The van der Waals surface area contributed by atoms with Gasteiger partial charge in [0.05, 0.1) is 6.54 Å². The highest BCUT2D eigenvalue weighted by atomic mass is 35.5. The number of primary amides is 1. The number of carbonyl (C=O) groups excluding carboxylic acids is 2. The minimum absolute atomic E-state index is 0.0267. The van der Waals surface area contributed by atoms with E-state index in [0.29, 0.717) is 11.3 Å². The van der Waals surface area contributed by atoms with E-state index >= 15 is 0 Å². The Balaban J connectivity index is 2.49. The average Bonchev–Trinajstić information content (AvgIpc) is 2.22. The van der Waals surface area contributed by atoms with Crippen molar-refractivity contribution in [2.45, 2.75) is 6.92 Å². The SMILES string of the molecule is Cc1cc(C(=O)NCCOC(N)=O)cc(Cl)n1. The second-order valence-electron chi connectivity index (χ2n) is 3.24. The van der Waals surface area contributed by atoms with Crippen molar-refractivity contribution in [1.29, 1.82) is 0 Å². The van der Waals surface area contributed by atoms with Gasteiger partial charge >= 0.3 is 6.09 Å². The van der Waals surface area contributed by atoms with Crippen LogP contribution in [-0.4, -0.2) is 30.1 Å². The summed E-state index contributed by atoms with van der Waals surface area (Å²) in [6.45, 7) is 1.94. The Morgan fingerprint density at radius 2 is 2.24 bits per heavy atom. The predicted octanol–water partition coefficient (Wildman–Crippen LogP) is 0.869. The topological polar surface area (TPSA) is 94.3 Å². The molecule has 1 rings (SSSR count). The van der Waals surface area contributed by atoms with Gasteiger partial charge in [-0.1, -0.05) is 11.6 Å². The molecule has 0 bridgehead atoms. The first kappa shape index (κ1) is 13.2. The van der Waals surface area contributed by atoms with Gasteiger partial charge in [0.2, 0.25) is 0 Å². The van der Waals surface area contributed by atoms with Gasteiger partial charge in [0.15, 0.2) is 0 Å². The summed E-state index contributed by atoms with van der Waals surface area (Å²) in [7, 11) is 0. The Morgan fingerprint density at radius 3 is 2.82 bits per heavy atom. The highest BCUT2D eigenvalue weighted by Gasteiger charge is 2.07. The summed E-state index contributed by atoms with van der Waals surface area (Å²) in [6.07, 6.45) is -0.873. The largest absolute Gasteiger partial charge is 0.448 e. The summed E-state index contributed by atoms with van der Waals surface area (Å²) in [6, 6.07) is 3.06. The van der Waals surface area contributed by atoms with Gasteiger partial charge in [-0.2, -0.15) is 0 Å². The third-order valence-corrected chi connectivity index (χ3v) is 2.01. The summed E-state index contributed by atoms with van der Waals surface area (Å²) in [4.78, 5) is 25.8. The fraction of sp³-hybridized carbons (Fsp3) is 0.300. The molecule has 1 heterocycles. The number of carbonyl (C=O) groups is 2. The summed E-state index contributed by atoms with van der Waals surface area (Å²) in [5.74, 6) is -0.314. The molecule has 92 valence electrons. The van der Waals surface area contributed by atoms with Gasteiger partial charge < -0.3 is 15.8 Å². The van der Waals surface area contributed by atoms with Crippen molar-refractivity contribution < 1.29 is 14.3 Å². The molecule has 6 nitrogen and oxygen atoms in total. The number of ether oxygens (including phenoxy) is 1. The number of amides is 2. The molecule has 0 aliphatic rings. The van der Waals surface area contributed by atoms with Crippen LogP contribution in [0.5, 0.6) is 0 Å². The van der Waals surface area contributed by atoms with E-state index in [9.17, 15) is 9.59 Å². The molecule has 2 amide bonds. The molecule has 1 aromatic heterocycles. The van der Waals surface area contributed by atoms with E-state index in [1.54, 1.807) is 13.0 Å². The van der Waals surface area contributed by atoms with Crippen LogP contribution in [0.1, 0.15) is 16.1 Å². The normalized spacial score (nSPS) is 9.76. The van der Waals surface area contributed by atoms with Gasteiger partial charge in [0.25, 0.3) is 5.91 Å². The molecule has 0 saturated carbocycles. The van der Waals surface area contributed by atoms with Gasteiger partial charge in [-0.15, -0.1) is 0 Å². The van der Waals surface area contributed by atoms with Crippen LogP contribution in [0, 0.1) is 6.92 Å². The summed E-state index contributed by atoms with van der Waals surface area (Å²) < 4.78 is 4.46. The van der Waals surface area contributed by atoms with Crippen LogP contribution in [-0.2, 0) is 4.74 Å². The number of hydrogen-bond donors (Lipinski definition) is 2.